The van der Waals surface area contributed by atoms with Crippen molar-refractivity contribution >= 4 is 39.9 Å². The molecule has 1 heterocycles. The molecule has 0 aliphatic rings. The number of nitrogens with zero attached hydrogens (tertiary/aromatic N) is 3. The minimum atomic E-state index is 0.0207. The van der Waals surface area contributed by atoms with E-state index in [9.17, 15) is 5.11 Å². The molecule has 0 amide bonds. The van der Waals surface area contributed by atoms with E-state index in [0.717, 1.165) is 39.2 Å². The number of hydrogen-bond donors (Lipinski definition) is 1. The van der Waals surface area contributed by atoms with Gasteiger partial charge < -0.3 is 19.0 Å². The molecule has 0 spiro atoms. The van der Waals surface area contributed by atoms with Crippen molar-refractivity contribution < 1.29 is 9.84 Å². The maximum Gasteiger partial charge on any atom is 0.211 e. The van der Waals surface area contributed by atoms with Gasteiger partial charge in [-0.1, -0.05) is 47.5 Å². The lowest BCUT2D eigenvalue weighted by Crippen LogP contribution is -2.24. The molecule has 4 rings (SSSR count). The average molecular weight is 470 g/mol. The number of rotatable bonds is 6. The van der Waals surface area contributed by atoms with Crippen molar-refractivity contribution in [1.29, 1.82) is 0 Å². The number of ether oxygens (including phenoxy) is 1. The summed E-state index contributed by atoms with van der Waals surface area (Å²) in [6.45, 7) is 4.61. The zero-order chi connectivity index (χ0) is 22.8. The normalized spacial score (nSPS) is 12.2. The summed E-state index contributed by atoms with van der Waals surface area (Å²) in [5, 5.41) is 10.3. The third-order valence-electron chi connectivity index (χ3n) is 5.19. The molecule has 0 aliphatic carbocycles. The van der Waals surface area contributed by atoms with E-state index in [1.807, 2.05) is 86.1 Å². The second kappa shape index (κ2) is 9.41. The summed E-state index contributed by atoms with van der Waals surface area (Å²) in [6, 6.07) is 19.3. The third kappa shape index (κ3) is 4.70. The Kier molecular flexibility index (Phi) is 6.60. The van der Waals surface area contributed by atoms with Crippen molar-refractivity contribution in [2.24, 2.45) is 12.0 Å². The van der Waals surface area contributed by atoms with Gasteiger partial charge in [0.1, 0.15) is 5.75 Å². The van der Waals surface area contributed by atoms with Gasteiger partial charge >= 0.3 is 0 Å². The molecule has 0 saturated carbocycles. The third-order valence-corrected chi connectivity index (χ3v) is 5.92. The first-order valence-corrected chi connectivity index (χ1v) is 11.2. The molecule has 0 radical (unpaired) electrons. The number of aliphatic hydroxyl groups excluding tert-OH is 1. The number of fused-ring (bicyclic) bond motifs is 1. The Balaban J connectivity index is 1.85. The van der Waals surface area contributed by atoms with Gasteiger partial charge in [0.25, 0.3) is 0 Å². The highest BCUT2D eigenvalue weighted by atomic mass is 35.5. The Morgan fingerprint density at radius 2 is 1.50 bits per heavy atom. The first-order chi connectivity index (χ1) is 15.4. The Morgan fingerprint density at radius 1 is 0.906 bits per heavy atom. The standard InChI is InChI=1S/C25H25Cl2N3O2/c1-16(2)32-20-10-8-19(9-11-20)28-25-29(3)23-12-21(26)22(27)13-24(23)30(25)14-17-4-6-18(15-31)7-5-17/h4-13,16,31H,14-15H2,1-3H3. The van der Waals surface area contributed by atoms with Crippen molar-refractivity contribution in [3.63, 3.8) is 0 Å². The van der Waals surface area contributed by atoms with Crippen molar-refractivity contribution in [3.05, 3.63) is 87.5 Å². The highest BCUT2D eigenvalue weighted by Gasteiger charge is 2.13. The summed E-state index contributed by atoms with van der Waals surface area (Å²) in [5.74, 6) is 0.811. The summed E-state index contributed by atoms with van der Waals surface area (Å²) in [7, 11) is 1.97. The first kappa shape index (κ1) is 22.5. The zero-order valence-electron chi connectivity index (χ0n) is 18.2. The van der Waals surface area contributed by atoms with Crippen LogP contribution in [0, 0.1) is 0 Å². The molecule has 4 aromatic rings. The largest absolute Gasteiger partial charge is 0.491 e. The number of aliphatic hydroxyl groups is 1. The zero-order valence-corrected chi connectivity index (χ0v) is 19.7. The maximum absolute atomic E-state index is 9.34. The number of halogens is 2. The molecule has 1 N–H and O–H groups in total. The Bertz CT molecular complexity index is 1300. The van der Waals surface area contributed by atoms with Crippen LogP contribution < -0.4 is 10.4 Å². The predicted octanol–water partition coefficient (Wildman–Crippen LogP) is 5.85. The average Bonchev–Trinajstić information content (AvgIpc) is 3.01. The molecule has 1 aromatic heterocycles. The molecule has 0 saturated heterocycles. The molecule has 0 unspecified atom stereocenters. The molecular weight excluding hydrogens is 445 g/mol. The molecule has 5 nitrogen and oxygen atoms in total. The molecule has 0 fully saturated rings. The van der Waals surface area contributed by atoms with Crippen molar-refractivity contribution in [2.75, 3.05) is 0 Å². The van der Waals surface area contributed by atoms with Crippen LogP contribution in [0.4, 0.5) is 5.69 Å². The fourth-order valence-corrected chi connectivity index (χ4v) is 3.93. The van der Waals surface area contributed by atoms with Gasteiger partial charge in [0, 0.05) is 7.05 Å². The summed E-state index contributed by atoms with van der Waals surface area (Å²) in [6.07, 6.45) is 0.116. The highest BCUT2D eigenvalue weighted by Crippen LogP contribution is 2.28. The van der Waals surface area contributed by atoms with Gasteiger partial charge in [-0.05, 0) is 61.4 Å². The van der Waals surface area contributed by atoms with E-state index < -0.39 is 0 Å². The quantitative estimate of drug-likeness (QED) is 0.385. The fraction of sp³-hybridized carbons (Fsp3) is 0.240. The second-order valence-electron chi connectivity index (χ2n) is 7.95. The Hall–Kier alpha value is -2.73. The SMILES string of the molecule is CC(C)Oc1ccc(N=c2n(C)c3cc(Cl)c(Cl)cc3n2Cc2ccc(CO)cc2)cc1. The fourth-order valence-electron chi connectivity index (χ4n) is 3.62. The van der Waals surface area contributed by atoms with Crippen molar-refractivity contribution in [1.82, 2.24) is 9.13 Å². The first-order valence-electron chi connectivity index (χ1n) is 10.4. The lowest BCUT2D eigenvalue weighted by molar-refractivity contribution is 0.242. The minimum Gasteiger partial charge on any atom is -0.491 e. The van der Waals surface area contributed by atoms with E-state index in [0.29, 0.717) is 16.6 Å². The van der Waals surface area contributed by atoms with Gasteiger partial charge in [-0.3, -0.25) is 0 Å². The van der Waals surface area contributed by atoms with E-state index >= 15 is 0 Å². The lowest BCUT2D eigenvalue weighted by Gasteiger charge is -2.09. The van der Waals surface area contributed by atoms with Gasteiger partial charge in [0.2, 0.25) is 5.62 Å². The van der Waals surface area contributed by atoms with Gasteiger partial charge in [-0.25, -0.2) is 4.99 Å². The molecule has 0 aliphatic heterocycles. The van der Waals surface area contributed by atoms with Crippen LogP contribution in [0.15, 0.2) is 65.7 Å². The highest BCUT2D eigenvalue weighted by molar-refractivity contribution is 6.42. The monoisotopic (exact) mass is 469 g/mol. The molecule has 0 atom stereocenters. The van der Waals surface area contributed by atoms with E-state index in [1.165, 1.54) is 0 Å². The van der Waals surface area contributed by atoms with Crippen LogP contribution in [0.1, 0.15) is 25.0 Å². The van der Waals surface area contributed by atoms with Crippen molar-refractivity contribution in [3.8, 4) is 5.75 Å². The topological polar surface area (TPSA) is 51.7 Å². The van der Waals surface area contributed by atoms with E-state index in [-0.39, 0.29) is 12.7 Å². The molecule has 7 heteroatoms. The molecule has 166 valence electrons. The smallest absolute Gasteiger partial charge is 0.211 e. The molecular formula is C25H25Cl2N3O2. The number of aromatic nitrogens is 2. The Morgan fingerprint density at radius 3 is 2.09 bits per heavy atom. The molecule has 3 aromatic carbocycles. The van der Waals surface area contributed by atoms with Crippen LogP contribution in [0.3, 0.4) is 0 Å². The van der Waals surface area contributed by atoms with Gasteiger partial charge in [-0.2, -0.15) is 0 Å². The minimum absolute atomic E-state index is 0.0207. The van der Waals surface area contributed by atoms with Gasteiger partial charge in [0.15, 0.2) is 0 Å². The van der Waals surface area contributed by atoms with Crippen LogP contribution in [0.2, 0.25) is 10.0 Å². The predicted molar refractivity (Wildman–Crippen MR) is 130 cm³/mol. The van der Waals surface area contributed by atoms with E-state index in [2.05, 4.69) is 4.57 Å². The van der Waals surface area contributed by atoms with Crippen LogP contribution in [0.5, 0.6) is 5.75 Å². The number of benzene rings is 3. The number of imidazole rings is 1. The van der Waals surface area contributed by atoms with Gasteiger partial charge in [0.05, 0.1) is 46.0 Å². The number of hydrogen-bond acceptors (Lipinski definition) is 3. The lowest BCUT2D eigenvalue weighted by atomic mass is 10.1. The van der Waals surface area contributed by atoms with Crippen LogP contribution in [-0.2, 0) is 20.2 Å². The Labute approximate surface area is 197 Å². The van der Waals surface area contributed by atoms with E-state index in [1.54, 1.807) is 0 Å². The van der Waals surface area contributed by atoms with Crippen molar-refractivity contribution in [2.45, 2.75) is 33.1 Å². The van der Waals surface area contributed by atoms with Gasteiger partial charge in [-0.15, -0.1) is 0 Å². The van der Waals surface area contributed by atoms with E-state index in [4.69, 9.17) is 32.9 Å². The summed E-state index contributed by atoms with van der Waals surface area (Å²) >= 11 is 12.7. The summed E-state index contributed by atoms with van der Waals surface area (Å²) in [4.78, 5) is 4.93. The summed E-state index contributed by atoms with van der Waals surface area (Å²) in [5.41, 5.74) is 5.41. The van der Waals surface area contributed by atoms with Crippen LogP contribution >= 0.6 is 23.2 Å². The molecule has 32 heavy (non-hydrogen) atoms. The maximum atomic E-state index is 9.34. The second-order valence-corrected chi connectivity index (χ2v) is 8.76. The molecule has 0 bridgehead atoms. The van der Waals surface area contributed by atoms with Crippen LogP contribution in [0.25, 0.3) is 11.0 Å². The number of aryl methyl sites for hydroxylation is 1. The summed E-state index contributed by atoms with van der Waals surface area (Å²) < 4.78 is 9.87. The van der Waals surface area contributed by atoms with Crippen LogP contribution in [-0.4, -0.2) is 20.3 Å².